The largest absolute Gasteiger partial charge is 0.351 e. The number of carbonyl (C=O) groups excluding carboxylic acids is 2. The van der Waals surface area contributed by atoms with Crippen molar-refractivity contribution in [2.45, 2.75) is 0 Å². The Bertz CT molecular complexity index is 758. The van der Waals surface area contributed by atoms with E-state index in [0.717, 1.165) is 6.54 Å². The van der Waals surface area contributed by atoms with Gasteiger partial charge in [-0.1, -0.05) is 35.3 Å². The van der Waals surface area contributed by atoms with E-state index in [4.69, 9.17) is 23.2 Å². The molecule has 0 aliphatic rings. The number of anilines is 1. The number of carbonyl (C=O) groups is 2. The molecule has 0 aliphatic heterocycles. The molecule has 2 amide bonds. The van der Waals surface area contributed by atoms with Crippen molar-refractivity contribution in [3.63, 3.8) is 0 Å². The highest BCUT2D eigenvalue weighted by Gasteiger charge is 2.13. The van der Waals surface area contributed by atoms with Crippen molar-refractivity contribution in [3.8, 4) is 0 Å². The molecule has 25 heavy (non-hydrogen) atoms. The predicted molar refractivity (Wildman–Crippen MR) is 102 cm³/mol. The van der Waals surface area contributed by atoms with Gasteiger partial charge >= 0.3 is 0 Å². The Morgan fingerprint density at radius 1 is 0.960 bits per heavy atom. The summed E-state index contributed by atoms with van der Waals surface area (Å²) in [5.41, 5.74) is 1.10. The fourth-order valence-corrected chi connectivity index (χ4v) is 2.59. The number of nitrogens with zero attached hydrogens (tertiary/aromatic N) is 1. The van der Waals surface area contributed by atoms with Gasteiger partial charge in [0.15, 0.2) is 0 Å². The molecule has 0 bridgehead atoms. The molecular weight excluding hydrogens is 361 g/mol. The lowest BCUT2D eigenvalue weighted by Crippen LogP contribution is -2.31. The first-order valence-electron chi connectivity index (χ1n) is 7.67. The zero-order valence-corrected chi connectivity index (χ0v) is 15.5. The maximum absolute atomic E-state index is 12.4. The Morgan fingerprint density at radius 2 is 1.52 bits per heavy atom. The summed E-state index contributed by atoms with van der Waals surface area (Å²) in [4.78, 5) is 26.6. The zero-order valence-electron chi connectivity index (χ0n) is 14.0. The molecule has 2 aromatic rings. The number of benzene rings is 2. The SMILES string of the molecule is CN(C)CCNC(=O)c1cccc(C(=O)Nc2c(Cl)cccc2Cl)c1. The van der Waals surface area contributed by atoms with E-state index >= 15 is 0 Å². The van der Waals surface area contributed by atoms with Crippen LogP contribution in [0.25, 0.3) is 0 Å². The maximum Gasteiger partial charge on any atom is 0.255 e. The summed E-state index contributed by atoms with van der Waals surface area (Å²) in [6.45, 7) is 1.26. The summed E-state index contributed by atoms with van der Waals surface area (Å²) in [5.74, 6) is -0.620. The van der Waals surface area contributed by atoms with Gasteiger partial charge in [0.25, 0.3) is 11.8 Å². The van der Waals surface area contributed by atoms with Gasteiger partial charge in [-0.2, -0.15) is 0 Å². The van der Waals surface area contributed by atoms with Gasteiger partial charge in [-0.15, -0.1) is 0 Å². The van der Waals surface area contributed by atoms with E-state index in [2.05, 4.69) is 10.6 Å². The fourth-order valence-electron chi connectivity index (χ4n) is 2.10. The molecule has 0 fully saturated rings. The normalized spacial score (nSPS) is 10.6. The smallest absolute Gasteiger partial charge is 0.255 e. The van der Waals surface area contributed by atoms with Crippen LogP contribution >= 0.6 is 23.2 Å². The van der Waals surface area contributed by atoms with Crippen LogP contribution in [0.4, 0.5) is 5.69 Å². The molecule has 0 heterocycles. The molecule has 0 aliphatic carbocycles. The third kappa shape index (κ3) is 5.46. The molecule has 0 saturated heterocycles. The number of para-hydroxylation sites is 1. The summed E-state index contributed by atoms with van der Waals surface area (Å²) in [6, 6.07) is 11.4. The summed E-state index contributed by atoms with van der Waals surface area (Å²) < 4.78 is 0. The van der Waals surface area contributed by atoms with Crippen LogP contribution in [0.15, 0.2) is 42.5 Å². The number of hydrogen-bond donors (Lipinski definition) is 2. The molecule has 132 valence electrons. The molecule has 2 rings (SSSR count). The van der Waals surface area contributed by atoms with Crippen LogP contribution in [0.3, 0.4) is 0 Å². The average Bonchev–Trinajstić information content (AvgIpc) is 2.58. The summed E-state index contributed by atoms with van der Waals surface area (Å²) in [5, 5.41) is 6.18. The topological polar surface area (TPSA) is 61.4 Å². The number of amides is 2. The first kappa shape index (κ1) is 19.2. The van der Waals surface area contributed by atoms with Gasteiger partial charge in [0.2, 0.25) is 0 Å². The highest BCUT2D eigenvalue weighted by Crippen LogP contribution is 2.30. The van der Waals surface area contributed by atoms with Crippen LogP contribution in [0.1, 0.15) is 20.7 Å². The van der Waals surface area contributed by atoms with Crippen molar-refractivity contribution in [1.29, 1.82) is 0 Å². The Labute approximate surface area is 156 Å². The van der Waals surface area contributed by atoms with Crippen LogP contribution in [0.2, 0.25) is 10.0 Å². The van der Waals surface area contributed by atoms with E-state index in [9.17, 15) is 9.59 Å². The molecular formula is C18H19Cl2N3O2. The Hall–Kier alpha value is -2.08. The number of rotatable bonds is 6. The van der Waals surface area contributed by atoms with Crippen LogP contribution in [0, 0.1) is 0 Å². The monoisotopic (exact) mass is 379 g/mol. The first-order valence-corrected chi connectivity index (χ1v) is 8.42. The second-order valence-electron chi connectivity index (χ2n) is 5.69. The van der Waals surface area contributed by atoms with E-state index in [-0.39, 0.29) is 5.91 Å². The lowest BCUT2D eigenvalue weighted by molar-refractivity contribution is 0.0951. The van der Waals surface area contributed by atoms with Crippen molar-refractivity contribution in [2.24, 2.45) is 0 Å². The molecule has 0 unspecified atom stereocenters. The van der Waals surface area contributed by atoms with Crippen LogP contribution in [0.5, 0.6) is 0 Å². The minimum atomic E-state index is -0.391. The van der Waals surface area contributed by atoms with E-state index in [1.807, 2.05) is 19.0 Å². The molecule has 2 aromatic carbocycles. The predicted octanol–water partition coefficient (Wildman–Crippen LogP) is 3.54. The van der Waals surface area contributed by atoms with Gasteiger partial charge in [0.05, 0.1) is 15.7 Å². The number of nitrogens with one attached hydrogen (secondary N) is 2. The fraction of sp³-hybridized carbons (Fsp3) is 0.222. The first-order chi connectivity index (χ1) is 11.9. The lowest BCUT2D eigenvalue weighted by atomic mass is 10.1. The quantitative estimate of drug-likeness (QED) is 0.806. The maximum atomic E-state index is 12.4. The van der Waals surface area contributed by atoms with Gasteiger partial charge in [0.1, 0.15) is 0 Å². The van der Waals surface area contributed by atoms with E-state index < -0.39 is 5.91 Å². The van der Waals surface area contributed by atoms with E-state index in [1.165, 1.54) is 6.07 Å². The molecule has 0 spiro atoms. The minimum absolute atomic E-state index is 0.229. The highest BCUT2D eigenvalue weighted by molar-refractivity contribution is 6.40. The zero-order chi connectivity index (χ0) is 18.4. The number of likely N-dealkylation sites (N-methyl/N-ethyl adjacent to an activating group) is 1. The van der Waals surface area contributed by atoms with E-state index in [1.54, 1.807) is 36.4 Å². The van der Waals surface area contributed by atoms with Crippen LogP contribution in [-0.2, 0) is 0 Å². The Morgan fingerprint density at radius 3 is 2.12 bits per heavy atom. The minimum Gasteiger partial charge on any atom is -0.351 e. The molecule has 0 saturated carbocycles. The molecule has 0 radical (unpaired) electrons. The summed E-state index contributed by atoms with van der Waals surface area (Å²) in [6.07, 6.45) is 0. The van der Waals surface area contributed by atoms with Gasteiger partial charge in [-0.25, -0.2) is 0 Å². The van der Waals surface area contributed by atoms with Crippen molar-refractivity contribution in [2.75, 3.05) is 32.5 Å². The standard InChI is InChI=1S/C18H19Cl2N3O2/c1-23(2)10-9-21-17(24)12-5-3-6-13(11-12)18(25)22-16-14(19)7-4-8-15(16)20/h3-8,11H,9-10H2,1-2H3,(H,21,24)(H,22,25). The summed E-state index contributed by atoms with van der Waals surface area (Å²) in [7, 11) is 3.86. The van der Waals surface area contributed by atoms with Gasteiger partial charge in [0, 0.05) is 24.2 Å². The second kappa shape index (κ2) is 8.85. The van der Waals surface area contributed by atoms with Crippen LogP contribution in [-0.4, -0.2) is 43.9 Å². The van der Waals surface area contributed by atoms with Gasteiger partial charge in [-0.3, -0.25) is 9.59 Å². The molecule has 7 heteroatoms. The number of halogens is 2. The lowest BCUT2D eigenvalue weighted by Gasteiger charge is -2.11. The molecule has 5 nitrogen and oxygen atoms in total. The van der Waals surface area contributed by atoms with Crippen LogP contribution < -0.4 is 10.6 Å². The second-order valence-corrected chi connectivity index (χ2v) is 6.51. The van der Waals surface area contributed by atoms with Gasteiger partial charge < -0.3 is 15.5 Å². The molecule has 2 N–H and O–H groups in total. The highest BCUT2D eigenvalue weighted by atomic mass is 35.5. The van der Waals surface area contributed by atoms with E-state index in [0.29, 0.717) is 33.4 Å². The molecule has 0 atom stereocenters. The Kier molecular flexibility index (Phi) is 6.82. The third-order valence-corrected chi connectivity index (χ3v) is 4.06. The number of hydrogen-bond acceptors (Lipinski definition) is 3. The Balaban J connectivity index is 2.10. The van der Waals surface area contributed by atoms with Crippen molar-refractivity contribution in [3.05, 3.63) is 63.6 Å². The van der Waals surface area contributed by atoms with Crippen molar-refractivity contribution >= 4 is 40.7 Å². The summed E-state index contributed by atoms with van der Waals surface area (Å²) >= 11 is 12.1. The van der Waals surface area contributed by atoms with Gasteiger partial charge in [-0.05, 0) is 44.4 Å². The molecule has 0 aromatic heterocycles. The third-order valence-electron chi connectivity index (χ3n) is 3.43. The van der Waals surface area contributed by atoms with Crippen molar-refractivity contribution < 1.29 is 9.59 Å². The average molecular weight is 380 g/mol. The van der Waals surface area contributed by atoms with Crippen molar-refractivity contribution in [1.82, 2.24) is 10.2 Å².